The molecule has 0 bridgehead atoms. The van der Waals surface area contributed by atoms with Gasteiger partial charge in [-0.25, -0.2) is 0 Å². The molecule has 0 spiro atoms. The first-order valence-corrected chi connectivity index (χ1v) is 19.0. The third-order valence-electron chi connectivity index (χ3n) is 7.64. The molecule has 1 nitrogen and oxygen atoms in total. The fourth-order valence-electron chi connectivity index (χ4n) is 5.05. The molecule has 0 amide bonds. The van der Waals surface area contributed by atoms with Gasteiger partial charge in [0, 0.05) is 13.1 Å². The summed E-state index contributed by atoms with van der Waals surface area (Å²) in [6, 6.07) is 0. The highest BCUT2D eigenvalue weighted by atomic mass is 28.3. The Kier molecular flexibility index (Phi) is 27.2. The van der Waals surface area contributed by atoms with Crippen LogP contribution in [0.5, 0.6) is 0 Å². The summed E-state index contributed by atoms with van der Waals surface area (Å²) >= 11 is 0. The smallest absolute Gasteiger partial charge is 0.0843 e. The average molecular weight is 494 g/mol. The molecule has 0 radical (unpaired) electrons. The van der Waals surface area contributed by atoms with Crippen molar-refractivity contribution in [2.24, 2.45) is 0 Å². The largest absolute Gasteiger partial charge is 0.379 e. The van der Waals surface area contributed by atoms with E-state index in [4.69, 9.17) is 0 Å². The molecule has 0 saturated heterocycles. The van der Waals surface area contributed by atoms with E-state index >= 15 is 0 Å². The van der Waals surface area contributed by atoms with Gasteiger partial charge in [0.25, 0.3) is 0 Å². The highest BCUT2D eigenvalue weighted by Crippen LogP contribution is 2.16. The Hall–Kier alpha value is -0.243. The van der Waals surface area contributed by atoms with Crippen molar-refractivity contribution < 1.29 is 0 Å². The van der Waals surface area contributed by atoms with Gasteiger partial charge in [0.05, 0.1) is 8.80 Å². The maximum Gasteiger partial charge on any atom is 0.0843 e. The summed E-state index contributed by atoms with van der Waals surface area (Å²) in [6.07, 6.45) is 34.5. The van der Waals surface area contributed by atoms with Gasteiger partial charge in [-0.15, -0.1) is 0 Å². The van der Waals surface area contributed by atoms with Gasteiger partial charge in [0.15, 0.2) is 0 Å². The molecule has 0 fully saturated rings. The maximum absolute atomic E-state index is 4.49. The Morgan fingerprint density at radius 2 is 0.676 bits per heavy atom. The van der Waals surface area contributed by atoms with Crippen LogP contribution in [0.3, 0.4) is 0 Å². The Bertz CT molecular complexity index is 378. The van der Waals surface area contributed by atoms with Crippen LogP contribution in [-0.4, -0.2) is 26.8 Å². The SMILES string of the molecule is C=C(N(CCCCCCCCCCCCCC)CCCCCCCCCCCCCC)[SiH](C)C. The van der Waals surface area contributed by atoms with Crippen LogP contribution >= 0.6 is 0 Å². The van der Waals surface area contributed by atoms with Crippen LogP contribution in [0, 0.1) is 0 Å². The molecular weight excluding hydrogens is 426 g/mol. The second-order valence-corrected chi connectivity index (χ2v) is 14.4. The average Bonchev–Trinajstić information content (AvgIpc) is 2.83. The number of hydrogen-bond acceptors (Lipinski definition) is 1. The zero-order chi connectivity index (χ0) is 25.1. The molecule has 0 aromatic heterocycles. The van der Waals surface area contributed by atoms with Gasteiger partial charge in [-0.1, -0.05) is 175 Å². The number of unbranched alkanes of at least 4 members (excludes halogenated alkanes) is 22. The second-order valence-electron chi connectivity index (χ2n) is 11.4. The zero-order valence-corrected chi connectivity index (χ0v) is 25.8. The van der Waals surface area contributed by atoms with Gasteiger partial charge in [-0.3, -0.25) is 0 Å². The van der Waals surface area contributed by atoms with E-state index in [2.05, 4.69) is 38.4 Å². The third kappa shape index (κ3) is 23.5. The standard InChI is InChI=1S/C32H67NSi/c1-6-8-10-12-14-16-18-20-22-24-26-28-30-33(32(3)34(4)5)31-29-27-25-23-21-19-17-15-13-11-9-7-2/h34H,3,6-31H2,1-2,4-5H3. The maximum atomic E-state index is 4.49. The Labute approximate surface area is 219 Å². The molecule has 0 aliphatic rings. The van der Waals surface area contributed by atoms with E-state index < -0.39 is 8.80 Å². The van der Waals surface area contributed by atoms with Crippen molar-refractivity contribution in [3.8, 4) is 0 Å². The van der Waals surface area contributed by atoms with Crippen molar-refractivity contribution in [1.29, 1.82) is 0 Å². The van der Waals surface area contributed by atoms with E-state index in [1.54, 1.807) is 0 Å². The highest BCUT2D eigenvalue weighted by molar-refractivity contribution is 6.63. The molecule has 0 aromatic rings. The Morgan fingerprint density at radius 1 is 0.441 bits per heavy atom. The summed E-state index contributed by atoms with van der Waals surface area (Å²) < 4.78 is 0. The van der Waals surface area contributed by atoms with E-state index in [-0.39, 0.29) is 0 Å². The Balaban J connectivity index is 3.68. The van der Waals surface area contributed by atoms with Crippen LogP contribution in [0.1, 0.15) is 168 Å². The molecule has 0 rings (SSSR count). The van der Waals surface area contributed by atoms with E-state index in [9.17, 15) is 0 Å². The summed E-state index contributed by atoms with van der Waals surface area (Å²) in [6.45, 7) is 16.5. The minimum atomic E-state index is -0.769. The second kappa shape index (κ2) is 27.3. The third-order valence-corrected chi connectivity index (χ3v) is 9.33. The molecule has 0 aromatic carbocycles. The number of nitrogens with zero attached hydrogens (tertiary/aromatic N) is 1. The first-order chi connectivity index (χ1) is 16.6. The molecule has 34 heavy (non-hydrogen) atoms. The molecule has 0 atom stereocenters. The fourth-order valence-corrected chi connectivity index (χ4v) is 6.04. The van der Waals surface area contributed by atoms with E-state index in [1.807, 2.05) is 0 Å². The summed E-state index contributed by atoms with van der Waals surface area (Å²) in [4.78, 5) is 2.68. The summed E-state index contributed by atoms with van der Waals surface area (Å²) in [5, 5.41) is 1.51. The molecule has 0 saturated carbocycles. The molecular formula is C32H67NSi. The summed E-state index contributed by atoms with van der Waals surface area (Å²) in [5.41, 5.74) is 0. The van der Waals surface area contributed by atoms with E-state index in [0.29, 0.717) is 0 Å². The predicted octanol–water partition coefficient (Wildman–Crippen LogP) is 11.2. The van der Waals surface area contributed by atoms with Crippen LogP contribution < -0.4 is 0 Å². The van der Waals surface area contributed by atoms with Gasteiger partial charge in [0.2, 0.25) is 0 Å². The van der Waals surface area contributed by atoms with Crippen molar-refractivity contribution in [3.05, 3.63) is 11.9 Å². The predicted molar refractivity (Wildman–Crippen MR) is 162 cm³/mol. The fraction of sp³-hybridized carbons (Fsp3) is 0.938. The van der Waals surface area contributed by atoms with Crippen molar-refractivity contribution in [1.82, 2.24) is 4.90 Å². The zero-order valence-electron chi connectivity index (χ0n) is 24.6. The summed E-state index contributed by atoms with van der Waals surface area (Å²) in [5.74, 6) is 0. The molecule has 0 heterocycles. The van der Waals surface area contributed by atoms with Crippen LogP contribution in [0.4, 0.5) is 0 Å². The van der Waals surface area contributed by atoms with Gasteiger partial charge in [-0.2, -0.15) is 0 Å². The van der Waals surface area contributed by atoms with Crippen molar-refractivity contribution in [2.45, 2.75) is 181 Å². The van der Waals surface area contributed by atoms with Crippen molar-refractivity contribution >= 4 is 8.80 Å². The molecule has 0 aliphatic heterocycles. The lowest BCUT2D eigenvalue weighted by Gasteiger charge is -2.29. The number of rotatable bonds is 28. The van der Waals surface area contributed by atoms with Crippen LogP contribution in [-0.2, 0) is 0 Å². The van der Waals surface area contributed by atoms with Crippen molar-refractivity contribution in [2.75, 3.05) is 13.1 Å². The molecule has 2 heteroatoms. The lowest BCUT2D eigenvalue weighted by atomic mass is 10.0. The minimum absolute atomic E-state index is 0.769. The van der Waals surface area contributed by atoms with Crippen molar-refractivity contribution in [3.63, 3.8) is 0 Å². The van der Waals surface area contributed by atoms with Gasteiger partial charge < -0.3 is 4.90 Å². The van der Waals surface area contributed by atoms with Gasteiger partial charge in [-0.05, 0) is 18.2 Å². The van der Waals surface area contributed by atoms with E-state index in [0.717, 1.165) is 0 Å². The molecule has 0 N–H and O–H groups in total. The summed E-state index contributed by atoms with van der Waals surface area (Å²) in [7, 11) is -0.769. The lowest BCUT2D eigenvalue weighted by molar-refractivity contribution is 0.339. The van der Waals surface area contributed by atoms with Crippen LogP contribution in [0.15, 0.2) is 11.9 Å². The molecule has 0 aliphatic carbocycles. The van der Waals surface area contributed by atoms with E-state index in [1.165, 1.54) is 173 Å². The first kappa shape index (κ1) is 33.8. The lowest BCUT2D eigenvalue weighted by Crippen LogP contribution is -2.31. The van der Waals surface area contributed by atoms with Gasteiger partial charge in [0.1, 0.15) is 0 Å². The topological polar surface area (TPSA) is 3.24 Å². The Morgan fingerprint density at radius 3 is 0.912 bits per heavy atom. The quantitative estimate of drug-likeness (QED) is 0.0773. The normalized spacial score (nSPS) is 11.4. The minimum Gasteiger partial charge on any atom is -0.379 e. The highest BCUT2D eigenvalue weighted by Gasteiger charge is 2.11. The van der Waals surface area contributed by atoms with Gasteiger partial charge >= 0.3 is 0 Å². The van der Waals surface area contributed by atoms with Crippen LogP contribution in [0.25, 0.3) is 0 Å². The molecule has 0 unspecified atom stereocenters. The number of hydrogen-bond donors (Lipinski definition) is 0. The molecule has 204 valence electrons. The van der Waals surface area contributed by atoms with Crippen LogP contribution in [0.2, 0.25) is 13.1 Å². The first-order valence-electron chi connectivity index (χ1n) is 16.1. The monoisotopic (exact) mass is 494 g/mol.